The molecule has 1 aromatic heterocycles. The fourth-order valence-electron chi connectivity index (χ4n) is 2.45. The Kier molecular flexibility index (Phi) is 5.27. The van der Waals surface area contributed by atoms with E-state index in [1.54, 1.807) is 29.1 Å². The van der Waals surface area contributed by atoms with Crippen LogP contribution in [-0.2, 0) is 4.74 Å². The molecule has 1 aromatic carbocycles. The summed E-state index contributed by atoms with van der Waals surface area (Å²) in [6, 6.07) is 9.04. The van der Waals surface area contributed by atoms with Gasteiger partial charge in [-0.1, -0.05) is 17.7 Å². The molecule has 1 amide bonds. The normalized spacial score (nSPS) is 15.5. The van der Waals surface area contributed by atoms with Gasteiger partial charge in [-0.3, -0.25) is 9.69 Å². The Bertz CT molecular complexity index is 668. The number of nitrogens with zero attached hydrogens (tertiary/aromatic N) is 3. The standard InChI is InChI=1S/C16H19ClN4O2/c17-13-2-1-3-14(12-13)21-6-4-15(19-21)16(22)18-5-7-20-8-10-23-11-9-20/h1-4,6,12H,5,7-11H2,(H,18,22). The molecule has 0 bridgehead atoms. The third-order valence-electron chi connectivity index (χ3n) is 3.71. The van der Waals surface area contributed by atoms with Crippen molar-refractivity contribution in [2.24, 2.45) is 0 Å². The summed E-state index contributed by atoms with van der Waals surface area (Å²) < 4.78 is 6.94. The number of carbonyl (C=O) groups is 1. The fourth-order valence-corrected chi connectivity index (χ4v) is 2.63. The van der Waals surface area contributed by atoms with E-state index in [1.807, 2.05) is 12.1 Å². The van der Waals surface area contributed by atoms with Gasteiger partial charge in [-0.25, -0.2) is 4.68 Å². The molecule has 2 heterocycles. The highest BCUT2D eigenvalue weighted by Gasteiger charge is 2.12. The Labute approximate surface area is 140 Å². The number of aromatic nitrogens is 2. The molecule has 0 aliphatic carbocycles. The van der Waals surface area contributed by atoms with Crippen LogP contribution < -0.4 is 5.32 Å². The third-order valence-corrected chi connectivity index (χ3v) is 3.95. The van der Waals surface area contributed by atoms with Gasteiger partial charge in [0.2, 0.25) is 0 Å². The van der Waals surface area contributed by atoms with Crippen LogP contribution in [0.25, 0.3) is 5.69 Å². The van der Waals surface area contributed by atoms with E-state index in [9.17, 15) is 4.79 Å². The van der Waals surface area contributed by atoms with E-state index in [0.717, 1.165) is 38.5 Å². The van der Waals surface area contributed by atoms with Gasteiger partial charge in [0, 0.05) is 37.4 Å². The first-order valence-electron chi connectivity index (χ1n) is 7.62. The molecule has 0 atom stereocenters. The molecule has 0 spiro atoms. The van der Waals surface area contributed by atoms with E-state index >= 15 is 0 Å². The Morgan fingerprint density at radius 3 is 2.91 bits per heavy atom. The van der Waals surface area contributed by atoms with Gasteiger partial charge in [0.05, 0.1) is 18.9 Å². The monoisotopic (exact) mass is 334 g/mol. The molecular formula is C16H19ClN4O2. The molecule has 1 aliphatic heterocycles. The Balaban J connectivity index is 1.54. The second-order valence-corrected chi connectivity index (χ2v) is 5.77. The molecule has 23 heavy (non-hydrogen) atoms. The van der Waals surface area contributed by atoms with Gasteiger partial charge >= 0.3 is 0 Å². The molecule has 122 valence electrons. The van der Waals surface area contributed by atoms with Gasteiger partial charge in [-0.15, -0.1) is 0 Å². The van der Waals surface area contributed by atoms with Crippen molar-refractivity contribution in [1.82, 2.24) is 20.0 Å². The van der Waals surface area contributed by atoms with Gasteiger partial charge < -0.3 is 10.1 Å². The summed E-state index contributed by atoms with van der Waals surface area (Å²) in [5.74, 6) is -0.168. The number of amides is 1. The molecule has 2 aromatic rings. The van der Waals surface area contributed by atoms with Gasteiger partial charge in [0.15, 0.2) is 5.69 Å². The molecule has 0 saturated carbocycles. The van der Waals surface area contributed by atoms with Gasteiger partial charge in [0.25, 0.3) is 5.91 Å². The molecule has 1 N–H and O–H groups in total. The number of nitrogens with one attached hydrogen (secondary N) is 1. The molecular weight excluding hydrogens is 316 g/mol. The van der Waals surface area contributed by atoms with Gasteiger partial charge in [-0.2, -0.15) is 5.10 Å². The lowest BCUT2D eigenvalue weighted by Gasteiger charge is -2.26. The van der Waals surface area contributed by atoms with Crippen molar-refractivity contribution in [1.29, 1.82) is 0 Å². The van der Waals surface area contributed by atoms with Crippen LogP contribution in [0.4, 0.5) is 0 Å². The van der Waals surface area contributed by atoms with Crippen LogP contribution in [0.15, 0.2) is 36.5 Å². The second-order valence-electron chi connectivity index (χ2n) is 5.34. The van der Waals surface area contributed by atoms with E-state index < -0.39 is 0 Å². The predicted molar refractivity (Wildman–Crippen MR) is 88.2 cm³/mol. The Morgan fingerprint density at radius 1 is 1.30 bits per heavy atom. The summed E-state index contributed by atoms with van der Waals surface area (Å²) in [6.45, 7) is 4.78. The minimum absolute atomic E-state index is 0.168. The summed E-state index contributed by atoms with van der Waals surface area (Å²) in [4.78, 5) is 14.4. The van der Waals surface area contributed by atoms with Crippen LogP contribution in [0, 0.1) is 0 Å². The van der Waals surface area contributed by atoms with Crippen molar-refractivity contribution in [3.05, 3.63) is 47.2 Å². The minimum atomic E-state index is -0.168. The fraction of sp³-hybridized carbons (Fsp3) is 0.375. The SMILES string of the molecule is O=C(NCCN1CCOCC1)c1ccn(-c2cccc(Cl)c2)n1. The quantitative estimate of drug-likeness (QED) is 0.902. The number of ether oxygens (including phenoxy) is 1. The molecule has 1 saturated heterocycles. The Hall–Kier alpha value is -1.89. The molecule has 6 nitrogen and oxygen atoms in total. The van der Waals surface area contributed by atoms with Crippen LogP contribution in [0.3, 0.4) is 0 Å². The highest BCUT2D eigenvalue weighted by atomic mass is 35.5. The van der Waals surface area contributed by atoms with E-state index in [0.29, 0.717) is 17.3 Å². The number of carbonyl (C=O) groups excluding carboxylic acids is 1. The summed E-state index contributed by atoms with van der Waals surface area (Å²) in [5, 5.41) is 7.83. The zero-order valence-electron chi connectivity index (χ0n) is 12.7. The van der Waals surface area contributed by atoms with Crippen molar-refractivity contribution in [2.45, 2.75) is 0 Å². The third kappa shape index (κ3) is 4.31. The molecule has 7 heteroatoms. The maximum Gasteiger partial charge on any atom is 0.271 e. The van der Waals surface area contributed by atoms with Crippen LogP contribution >= 0.6 is 11.6 Å². The lowest BCUT2D eigenvalue weighted by atomic mass is 10.3. The maximum absolute atomic E-state index is 12.1. The predicted octanol–water partition coefficient (Wildman–Crippen LogP) is 1.59. The average molecular weight is 335 g/mol. The van der Waals surface area contributed by atoms with E-state index in [4.69, 9.17) is 16.3 Å². The van der Waals surface area contributed by atoms with Crippen LogP contribution in [0.5, 0.6) is 0 Å². The first-order valence-corrected chi connectivity index (χ1v) is 8.00. The number of hydrogen-bond acceptors (Lipinski definition) is 4. The first kappa shape index (κ1) is 16.0. The summed E-state index contributed by atoms with van der Waals surface area (Å²) in [6.07, 6.45) is 1.75. The van der Waals surface area contributed by atoms with Crippen LogP contribution in [-0.4, -0.2) is 60.0 Å². The minimum Gasteiger partial charge on any atom is -0.379 e. The lowest BCUT2D eigenvalue weighted by Crippen LogP contribution is -2.41. The van der Waals surface area contributed by atoms with Crippen molar-refractivity contribution < 1.29 is 9.53 Å². The van der Waals surface area contributed by atoms with Crippen molar-refractivity contribution >= 4 is 17.5 Å². The van der Waals surface area contributed by atoms with Crippen LogP contribution in [0.1, 0.15) is 10.5 Å². The summed E-state index contributed by atoms with van der Waals surface area (Å²) >= 11 is 5.97. The van der Waals surface area contributed by atoms with Crippen molar-refractivity contribution in [2.75, 3.05) is 39.4 Å². The first-order chi connectivity index (χ1) is 11.2. The van der Waals surface area contributed by atoms with E-state index in [2.05, 4.69) is 15.3 Å². The molecule has 0 radical (unpaired) electrons. The number of hydrogen-bond donors (Lipinski definition) is 1. The lowest BCUT2D eigenvalue weighted by molar-refractivity contribution is 0.0383. The van der Waals surface area contributed by atoms with Crippen molar-refractivity contribution in [3.8, 4) is 5.69 Å². The molecule has 1 aliphatic rings. The average Bonchev–Trinajstić information content (AvgIpc) is 3.06. The molecule has 3 rings (SSSR count). The zero-order valence-corrected chi connectivity index (χ0v) is 13.5. The smallest absolute Gasteiger partial charge is 0.271 e. The second kappa shape index (κ2) is 7.59. The number of rotatable bonds is 5. The van der Waals surface area contributed by atoms with Crippen LogP contribution in [0.2, 0.25) is 5.02 Å². The highest BCUT2D eigenvalue weighted by molar-refractivity contribution is 6.30. The largest absolute Gasteiger partial charge is 0.379 e. The highest BCUT2D eigenvalue weighted by Crippen LogP contribution is 2.14. The van der Waals surface area contributed by atoms with Gasteiger partial charge in [-0.05, 0) is 24.3 Å². The number of morpholine rings is 1. The number of benzene rings is 1. The van der Waals surface area contributed by atoms with E-state index in [-0.39, 0.29) is 5.91 Å². The summed E-state index contributed by atoms with van der Waals surface area (Å²) in [7, 11) is 0. The molecule has 1 fully saturated rings. The maximum atomic E-state index is 12.1. The Morgan fingerprint density at radius 2 is 2.13 bits per heavy atom. The summed E-state index contributed by atoms with van der Waals surface area (Å²) in [5.41, 5.74) is 1.22. The van der Waals surface area contributed by atoms with Crippen molar-refractivity contribution in [3.63, 3.8) is 0 Å². The topological polar surface area (TPSA) is 59.4 Å². The number of halogens is 1. The van der Waals surface area contributed by atoms with Gasteiger partial charge in [0.1, 0.15) is 0 Å². The zero-order chi connectivity index (χ0) is 16.1. The van der Waals surface area contributed by atoms with E-state index in [1.165, 1.54) is 0 Å². The molecule has 0 unspecified atom stereocenters.